The van der Waals surface area contributed by atoms with Crippen molar-refractivity contribution in [3.05, 3.63) is 0 Å². The zero-order valence-corrected chi connectivity index (χ0v) is 11.2. The van der Waals surface area contributed by atoms with Crippen LogP contribution in [0.25, 0.3) is 0 Å². The first-order valence-corrected chi connectivity index (χ1v) is 6.22. The van der Waals surface area contributed by atoms with Gasteiger partial charge in [-0.2, -0.15) is 0 Å². The molecule has 0 radical (unpaired) electrons. The summed E-state index contributed by atoms with van der Waals surface area (Å²) in [5, 5.41) is 5.52. The van der Waals surface area contributed by atoms with Crippen molar-refractivity contribution in [1.82, 2.24) is 10.6 Å². The molecule has 0 saturated carbocycles. The molecule has 7 heteroatoms. The number of alkyl halides is 3. The van der Waals surface area contributed by atoms with Crippen molar-refractivity contribution in [2.75, 3.05) is 13.2 Å². The van der Waals surface area contributed by atoms with E-state index in [2.05, 4.69) is 10.6 Å². The molecular weight excluding hydrogens is 274 g/mol. The van der Waals surface area contributed by atoms with Gasteiger partial charge >= 0.3 is 0 Å². The summed E-state index contributed by atoms with van der Waals surface area (Å²) in [5.74, 6) is -0.254. The summed E-state index contributed by atoms with van der Waals surface area (Å²) in [7, 11) is 0. The number of carbonyl (C=O) groups is 1. The highest BCUT2D eigenvalue weighted by atomic mass is 35.6. The maximum absolute atomic E-state index is 10.9. The van der Waals surface area contributed by atoms with Gasteiger partial charge in [0.15, 0.2) is 0 Å². The van der Waals surface area contributed by atoms with Crippen LogP contribution in [0.5, 0.6) is 0 Å². The van der Waals surface area contributed by atoms with Crippen LogP contribution in [0.2, 0.25) is 0 Å². The monoisotopic (exact) mass is 288 g/mol. The minimum absolute atomic E-state index is 0.128. The van der Waals surface area contributed by atoms with Crippen molar-refractivity contribution in [1.29, 1.82) is 0 Å². The molecule has 16 heavy (non-hydrogen) atoms. The number of halogens is 3. The van der Waals surface area contributed by atoms with Gasteiger partial charge in [-0.15, -0.1) is 0 Å². The Labute approximate surface area is 110 Å². The minimum atomic E-state index is -1.58. The van der Waals surface area contributed by atoms with Gasteiger partial charge < -0.3 is 10.1 Å². The van der Waals surface area contributed by atoms with Gasteiger partial charge in [-0.05, 0) is 12.8 Å². The van der Waals surface area contributed by atoms with Crippen LogP contribution in [-0.2, 0) is 9.53 Å². The fraction of sp³-hybridized carbons (Fsp3) is 0.889. The molecule has 0 spiro atoms. The van der Waals surface area contributed by atoms with E-state index in [-0.39, 0.29) is 12.0 Å². The van der Waals surface area contributed by atoms with Gasteiger partial charge in [0.2, 0.25) is 9.70 Å². The molecule has 94 valence electrons. The van der Waals surface area contributed by atoms with Crippen LogP contribution in [0.4, 0.5) is 0 Å². The molecular formula is C9H15Cl3N2O2. The Morgan fingerprint density at radius 3 is 2.69 bits per heavy atom. The Morgan fingerprint density at radius 1 is 1.56 bits per heavy atom. The molecule has 0 aromatic carbocycles. The van der Waals surface area contributed by atoms with E-state index < -0.39 is 9.96 Å². The van der Waals surface area contributed by atoms with Crippen LogP contribution in [0, 0.1) is 0 Å². The second-order valence-electron chi connectivity index (χ2n) is 3.72. The third-order valence-electron chi connectivity index (χ3n) is 2.25. The van der Waals surface area contributed by atoms with E-state index in [9.17, 15) is 4.79 Å². The van der Waals surface area contributed by atoms with Crippen molar-refractivity contribution >= 4 is 40.7 Å². The third-order valence-corrected chi connectivity index (χ3v) is 2.90. The fourth-order valence-corrected chi connectivity index (χ4v) is 1.90. The van der Waals surface area contributed by atoms with E-state index in [0.717, 1.165) is 19.4 Å². The van der Waals surface area contributed by atoms with Crippen molar-refractivity contribution in [3.8, 4) is 0 Å². The molecule has 0 aliphatic carbocycles. The van der Waals surface area contributed by atoms with Gasteiger partial charge in [0.05, 0.1) is 6.10 Å². The Balaban J connectivity index is 2.40. The molecule has 1 aliphatic heterocycles. The van der Waals surface area contributed by atoms with E-state index in [4.69, 9.17) is 39.5 Å². The number of nitrogens with one attached hydrogen (secondary N) is 2. The first-order chi connectivity index (χ1) is 7.39. The van der Waals surface area contributed by atoms with Gasteiger partial charge in [-0.3, -0.25) is 10.1 Å². The van der Waals surface area contributed by atoms with Gasteiger partial charge in [0.25, 0.3) is 0 Å². The number of ether oxygens (including phenoxy) is 1. The summed E-state index contributed by atoms with van der Waals surface area (Å²) in [5.41, 5.74) is 0. The van der Waals surface area contributed by atoms with Gasteiger partial charge in [-0.25, -0.2) is 0 Å². The molecule has 0 aromatic rings. The molecule has 1 rings (SSSR count). The standard InChI is InChI=1S/C9H15Cl3N2O2/c1-6(15)14-8(9(10,11)12)13-5-7-3-2-4-16-7/h7-8,13H,2-5H2,1H3,(H,14,15)/t7-,8-/m1/s1. The Hall–Kier alpha value is 0.260. The number of hydrogen-bond acceptors (Lipinski definition) is 3. The molecule has 0 unspecified atom stereocenters. The second-order valence-corrected chi connectivity index (χ2v) is 6.09. The minimum Gasteiger partial charge on any atom is -0.377 e. The maximum atomic E-state index is 10.9. The van der Waals surface area contributed by atoms with E-state index in [1.807, 2.05) is 0 Å². The molecule has 2 N–H and O–H groups in total. The maximum Gasteiger partial charge on any atom is 0.223 e. The van der Waals surface area contributed by atoms with E-state index >= 15 is 0 Å². The molecule has 0 aromatic heterocycles. The van der Waals surface area contributed by atoms with Crippen LogP contribution >= 0.6 is 34.8 Å². The van der Waals surface area contributed by atoms with Crippen LogP contribution < -0.4 is 10.6 Å². The lowest BCUT2D eigenvalue weighted by molar-refractivity contribution is -0.119. The summed E-state index contributed by atoms with van der Waals surface area (Å²) >= 11 is 17.2. The first kappa shape index (κ1) is 14.3. The molecule has 1 amide bonds. The molecule has 1 aliphatic rings. The number of amides is 1. The topological polar surface area (TPSA) is 50.4 Å². The Kier molecular flexibility index (Phi) is 5.61. The van der Waals surface area contributed by atoms with Gasteiger partial charge in [0.1, 0.15) is 6.17 Å². The predicted octanol–water partition coefficient (Wildman–Crippen LogP) is 1.59. The van der Waals surface area contributed by atoms with Crippen LogP contribution in [-0.4, -0.2) is 35.1 Å². The van der Waals surface area contributed by atoms with Crippen molar-refractivity contribution < 1.29 is 9.53 Å². The highest BCUT2D eigenvalue weighted by Crippen LogP contribution is 2.29. The van der Waals surface area contributed by atoms with Gasteiger partial charge in [0, 0.05) is 20.1 Å². The summed E-state index contributed by atoms with van der Waals surface area (Å²) in [6, 6.07) is 0. The lowest BCUT2D eigenvalue weighted by Gasteiger charge is -2.27. The predicted molar refractivity (Wildman–Crippen MR) is 64.9 cm³/mol. The van der Waals surface area contributed by atoms with E-state index in [1.165, 1.54) is 6.92 Å². The number of hydrogen-bond donors (Lipinski definition) is 2. The Bertz CT molecular complexity index is 239. The Morgan fingerprint density at radius 2 is 2.25 bits per heavy atom. The molecule has 1 saturated heterocycles. The molecule has 1 heterocycles. The largest absolute Gasteiger partial charge is 0.377 e. The number of carbonyl (C=O) groups excluding carboxylic acids is 1. The normalized spacial score (nSPS) is 23.1. The SMILES string of the molecule is CC(=O)N[C@@H](NC[C@H]1CCCO1)C(Cl)(Cl)Cl. The van der Waals surface area contributed by atoms with Crippen LogP contribution in [0.15, 0.2) is 0 Å². The van der Waals surface area contributed by atoms with Crippen LogP contribution in [0.3, 0.4) is 0 Å². The highest BCUT2D eigenvalue weighted by molar-refractivity contribution is 6.68. The molecule has 2 atom stereocenters. The molecule has 1 fully saturated rings. The number of rotatable bonds is 4. The van der Waals surface area contributed by atoms with Gasteiger partial charge in [-0.1, -0.05) is 34.8 Å². The quantitative estimate of drug-likeness (QED) is 0.610. The first-order valence-electron chi connectivity index (χ1n) is 5.08. The van der Waals surface area contributed by atoms with E-state index in [0.29, 0.717) is 6.54 Å². The highest BCUT2D eigenvalue weighted by Gasteiger charge is 2.33. The average Bonchev–Trinajstić information content (AvgIpc) is 2.62. The van der Waals surface area contributed by atoms with Crippen molar-refractivity contribution in [2.24, 2.45) is 0 Å². The smallest absolute Gasteiger partial charge is 0.223 e. The fourth-order valence-electron chi connectivity index (χ4n) is 1.51. The lowest BCUT2D eigenvalue weighted by atomic mass is 10.2. The van der Waals surface area contributed by atoms with Crippen molar-refractivity contribution in [3.63, 3.8) is 0 Å². The second kappa shape index (κ2) is 6.26. The summed E-state index contributed by atoms with van der Waals surface area (Å²) in [6.07, 6.45) is 1.45. The summed E-state index contributed by atoms with van der Waals surface area (Å²) in [4.78, 5) is 10.9. The molecule has 0 bridgehead atoms. The zero-order chi connectivity index (χ0) is 12.2. The lowest BCUT2D eigenvalue weighted by Crippen LogP contribution is -2.54. The van der Waals surface area contributed by atoms with Crippen molar-refractivity contribution in [2.45, 2.75) is 35.8 Å². The summed E-state index contributed by atoms with van der Waals surface area (Å²) in [6.45, 7) is 2.70. The summed E-state index contributed by atoms with van der Waals surface area (Å²) < 4.78 is 3.84. The third kappa shape index (κ3) is 5.06. The van der Waals surface area contributed by atoms with Crippen LogP contribution in [0.1, 0.15) is 19.8 Å². The zero-order valence-electron chi connectivity index (χ0n) is 8.93. The van der Waals surface area contributed by atoms with E-state index in [1.54, 1.807) is 0 Å². The average molecular weight is 290 g/mol. The molecule has 4 nitrogen and oxygen atoms in total.